The summed E-state index contributed by atoms with van der Waals surface area (Å²) < 4.78 is 1.97. The van der Waals surface area contributed by atoms with Crippen LogP contribution in [0.25, 0.3) is 44.7 Å². The van der Waals surface area contributed by atoms with Gasteiger partial charge in [-0.3, -0.25) is 14.5 Å². The Bertz CT molecular complexity index is 1670. The highest BCUT2D eigenvalue weighted by Crippen LogP contribution is 2.42. The molecule has 0 saturated heterocycles. The van der Waals surface area contributed by atoms with Gasteiger partial charge in [-0.2, -0.15) is 5.10 Å². The Morgan fingerprint density at radius 1 is 1.09 bits per heavy atom. The molecule has 0 bridgehead atoms. The number of phenols is 1. The average molecular weight is 465 g/mol. The molecule has 1 aliphatic carbocycles. The van der Waals surface area contributed by atoms with E-state index in [0.29, 0.717) is 45.1 Å². The molecule has 8 heteroatoms. The maximum atomic E-state index is 13.5. The molecular formula is C27H24N6O2. The number of nitrogens with zero attached hydrogens (tertiary/aromatic N) is 4. The number of H-pyrrole nitrogens is 1. The van der Waals surface area contributed by atoms with E-state index in [2.05, 4.69) is 9.97 Å². The maximum absolute atomic E-state index is 13.5. The normalized spacial score (nSPS) is 13.4. The number of benzene rings is 2. The Morgan fingerprint density at radius 3 is 2.60 bits per heavy atom. The molecule has 5 aromatic rings. The second kappa shape index (κ2) is 7.80. The number of hydrogen-bond acceptors (Lipinski definition) is 6. The van der Waals surface area contributed by atoms with Gasteiger partial charge in [0.2, 0.25) is 0 Å². The van der Waals surface area contributed by atoms with Gasteiger partial charge in [0.1, 0.15) is 11.6 Å². The maximum Gasteiger partial charge on any atom is 0.261 e. The predicted molar refractivity (Wildman–Crippen MR) is 136 cm³/mol. The van der Waals surface area contributed by atoms with Crippen molar-refractivity contribution in [2.75, 3.05) is 5.73 Å². The number of aromatic hydroxyl groups is 1. The molecule has 6 rings (SSSR count). The number of pyridine rings is 1. The van der Waals surface area contributed by atoms with E-state index in [0.717, 1.165) is 35.2 Å². The number of nitrogen functional groups attached to an aromatic ring is 1. The number of nitrogens with two attached hydrogens (primary N) is 1. The van der Waals surface area contributed by atoms with Crippen LogP contribution in [0.15, 0.2) is 59.8 Å². The third-order valence-electron chi connectivity index (χ3n) is 6.70. The first kappa shape index (κ1) is 21.1. The highest BCUT2D eigenvalue weighted by molar-refractivity contribution is 6.07. The van der Waals surface area contributed by atoms with E-state index in [-0.39, 0.29) is 11.3 Å². The van der Waals surface area contributed by atoms with Crippen molar-refractivity contribution in [1.82, 2.24) is 24.7 Å². The molecule has 174 valence electrons. The molecule has 1 saturated carbocycles. The lowest BCUT2D eigenvalue weighted by atomic mass is 9.90. The first-order chi connectivity index (χ1) is 16.9. The van der Waals surface area contributed by atoms with E-state index >= 15 is 0 Å². The number of aryl methyl sites for hydroxylation is 1. The van der Waals surface area contributed by atoms with Gasteiger partial charge < -0.3 is 15.8 Å². The van der Waals surface area contributed by atoms with Gasteiger partial charge in [0.15, 0.2) is 0 Å². The highest BCUT2D eigenvalue weighted by atomic mass is 16.3. The Kier molecular flexibility index (Phi) is 4.70. The third-order valence-corrected chi connectivity index (χ3v) is 6.70. The fourth-order valence-corrected chi connectivity index (χ4v) is 4.67. The SMILES string of the molecule is Cc1ccc(O)c(C)c1-c1cc(-c2ccn(C3CC3)n2)c2nc(-c3ccncc3)[nH]c(=O)c2c1N. The zero-order valence-corrected chi connectivity index (χ0v) is 19.4. The smallest absolute Gasteiger partial charge is 0.261 e. The first-order valence-corrected chi connectivity index (χ1v) is 11.5. The minimum Gasteiger partial charge on any atom is -0.508 e. The summed E-state index contributed by atoms with van der Waals surface area (Å²) in [4.78, 5) is 25.2. The summed E-state index contributed by atoms with van der Waals surface area (Å²) in [5.41, 5.74) is 12.4. The van der Waals surface area contributed by atoms with Gasteiger partial charge >= 0.3 is 0 Å². The molecule has 0 aliphatic heterocycles. The molecule has 0 unspecified atom stereocenters. The Hall–Kier alpha value is -4.46. The molecule has 8 nitrogen and oxygen atoms in total. The predicted octanol–water partition coefficient (Wildman–Crippen LogP) is 4.76. The lowest BCUT2D eigenvalue weighted by Gasteiger charge is -2.17. The van der Waals surface area contributed by atoms with Crippen LogP contribution in [0.5, 0.6) is 5.75 Å². The minimum atomic E-state index is -0.334. The van der Waals surface area contributed by atoms with Gasteiger partial charge in [0.25, 0.3) is 5.56 Å². The number of aromatic amines is 1. The summed E-state index contributed by atoms with van der Waals surface area (Å²) in [7, 11) is 0. The van der Waals surface area contributed by atoms with Crippen LogP contribution < -0.4 is 11.3 Å². The number of anilines is 1. The number of fused-ring (bicyclic) bond motifs is 1. The van der Waals surface area contributed by atoms with Crippen LogP contribution in [0.3, 0.4) is 0 Å². The van der Waals surface area contributed by atoms with E-state index in [4.69, 9.17) is 15.8 Å². The quantitative estimate of drug-likeness (QED) is 0.330. The fraction of sp³-hybridized carbons (Fsp3) is 0.185. The largest absolute Gasteiger partial charge is 0.508 e. The van der Waals surface area contributed by atoms with Crippen molar-refractivity contribution in [1.29, 1.82) is 0 Å². The number of aromatic nitrogens is 5. The highest BCUT2D eigenvalue weighted by Gasteiger charge is 2.26. The molecule has 0 atom stereocenters. The number of nitrogens with one attached hydrogen (secondary N) is 1. The summed E-state index contributed by atoms with van der Waals surface area (Å²) in [5, 5.41) is 15.5. The Morgan fingerprint density at radius 2 is 1.86 bits per heavy atom. The van der Waals surface area contributed by atoms with Gasteiger partial charge in [0, 0.05) is 35.3 Å². The van der Waals surface area contributed by atoms with Crippen LogP contribution >= 0.6 is 0 Å². The monoisotopic (exact) mass is 464 g/mol. The second-order valence-corrected chi connectivity index (χ2v) is 9.07. The van der Waals surface area contributed by atoms with Crippen molar-refractivity contribution < 1.29 is 5.11 Å². The lowest BCUT2D eigenvalue weighted by molar-refractivity contribution is 0.471. The molecule has 3 heterocycles. The second-order valence-electron chi connectivity index (χ2n) is 9.07. The van der Waals surface area contributed by atoms with Crippen molar-refractivity contribution in [2.24, 2.45) is 0 Å². The molecule has 1 aliphatic rings. The zero-order valence-electron chi connectivity index (χ0n) is 19.4. The van der Waals surface area contributed by atoms with Gasteiger partial charge in [-0.25, -0.2) is 4.98 Å². The molecule has 3 aromatic heterocycles. The van der Waals surface area contributed by atoms with Crippen LogP contribution in [0.4, 0.5) is 5.69 Å². The number of hydrogen-bond donors (Lipinski definition) is 3. The number of rotatable bonds is 4. The van der Waals surface area contributed by atoms with Gasteiger partial charge in [-0.15, -0.1) is 0 Å². The standard InChI is InChI=1S/C27H24N6O2/c1-14-3-6-21(34)15(2)22(14)19-13-18(20-9-12-33(32-20)17-4-5-17)25-23(24(19)28)27(35)31-26(30-25)16-7-10-29-11-8-16/h3,6-13,17,34H,4-5,28H2,1-2H3,(H,30,31,35). The lowest BCUT2D eigenvalue weighted by Crippen LogP contribution is -2.13. The van der Waals surface area contributed by atoms with Crippen molar-refractivity contribution in [3.63, 3.8) is 0 Å². The molecule has 0 spiro atoms. The van der Waals surface area contributed by atoms with Crippen molar-refractivity contribution >= 4 is 16.6 Å². The topological polar surface area (TPSA) is 123 Å². The molecule has 4 N–H and O–H groups in total. The third kappa shape index (κ3) is 3.45. The molecule has 0 amide bonds. The van der Waals surface area contributed by atoms with Crippen LogP contribution in [0, 0.1) is 13.8 Å². The van der Waals surface area contributed by atoms with Crippen molar-refractivity contribution in [3.05, 3.63) is 76.5 Å². The Balaban J connectivity index is 1.70. The van der Waals surface area contributed by atoms with E-state index in [1.54, 1.807) is 30.6 Å². The van der Waals surface area contributed by atoms with Crippen molar-refractivity contribution in [2.45, 2.75) is 32.7 Å². The van der Waals surface area contributed by atoms with E-state index in [1.165, 1.54) is 0 Å². The van der Waals surface area contributed by atoms with E-state index < -0.39 is 0 Å². The van der Waals surface area contributed by atoms with Crippen LogP contribution in [-0.4, -0.2) is 29.8 Å². The average Bonchev–Trinajstić information content (AvgIpc) is 3.60. The summed E-state index contributed by atoms with van der Waals surface area (Å²) in [6.07, 6.45) is 7.50. The molecule has 1 fully saturated rings. The van der Waals surface area contributed by atoms with E-state index in [9.17, 15) is 9.90 Å². The fourth-order valence-electron chi connectivity index (χ4n) is 4.67. The summed E-state index contributed by atoms with van der Waals surface area (Å²) in [6, 6.07) is 11.4. The molecule has 35 heavy (non-hydrogen) atoms. The molecule has 0 radical (unpaired) electrons. The number of phenolic OH excluding ortho intramolecular Hbond substituents is 1. The van der Waals surface area contributed by atoms with Crippen LogP contribution in [-0.2, 0) is 0 Å². The minimum absolute atomic E-state index is 0.171. The molecule has 2 aromatic carbocycles. The van der Waals surface area contributed by atoms with Crippen LogP contribution in [0.1, 0.15) is 30.0 Å². The van der Waals surface area contributed by atoms with Gasteiger partial charge in [0.05, 0.1) is 28.3 Å². The first-order valence-electron chi connectivity index (χ1n) is 11.5. The Labute approximate surface area is 201 Å². The zero-order chi connectivity index (χ0) is 24.3. The molecular weight excluding hydrogens is 440 g/mol. The summed E-state index contributed by atoms with van der Waals surface area (Å²) in [6.45, 7) is 3.81. The van der Waals surface area contributed by atoms with Gasteiger partial charge in [-0.1, -0.05) is 6.07 Å². The van der Waals surface area contributed by atoms with E-state index in [1.807, 2.05) is 42.9 Å². The summed E-state index contributed by atoms with van der Waals surface area (Å²) in [5.74, 6) is 0.606. The van der Waals surface area contributed by atoms with Gasteiger partial charge in [-0.05, 0) is 73.7 Å². The van der Waals surface area contributed by atoms with Crippen LogP contribution in [0.2, 0.25) is 0 Å². The summed E-state index contributed by atoms with van der Waals surface area (Å²) >= 11 is 0. The van der Waals surface area contributed by atoms with Crippen molar-refractivity contribution in [3.8, 4) is 39.5 Å².